The molecule has 0 aromatic heterocycles. The van der Waals surface area contributed by atoms with E-state index in [1.54, 1.807) is 30.3 Å². The third kappa shape index (κ3) is 8.57. The van der Waals surface area contributed by atoms with Gasteiger partial charge >= 0.3 is 0 Å². The molecule has 1 atom stereocenters. The van der Waals surface area contributed by atoms with Crippen LogP contribution in [0, 0.1) is 0 Å². The monoisotopic (exact) mass is 675 g/mol. The van der Waals surface area contributed by atoms with E-state index in [9.17, 15) is 18.0 Å². The van der Waals surface area contributed by atoms with E-state index >= 15 is 0 Å². The number of aryl methyl sites for hydroxylation is 1. The van der Waals surface area contributed by atoms with Gasteiger partial charge in [0.25, 0.3) is 10.0 Å². The molecular weight excluding hydrogens is 638 g/mol. The van der Waals surface area contributed by atoms with Crippen LogP contribution in [-0.4, -0.2) is 44.3 Å². The summed E-state index contributed by atoms with van der Waals surface area (Å²) >= 11 is 3.46. The van der Waals surface area contributed by atoms with Crippen LogP contribution in [0.2, 0.25) is 0 Å². The molecule has 0 spiro atoms. The van der Waals surface area contributed by atoms with Crippen LogP contribution in [0.15, 0.2) is 119 Å². The quantitative estimate of drug-likeness (QED) is 0.168. The Morgan fingerprint density at radius 2 is 1.36 bits per heavy atom. The lowest BCUT2D eigenvalue weighted by molar-refractivity contribution is -0.140. The molecule has 4 aromatic rings. The Hall–Kier alpha value is -3.95. The summed E-state index contributed by atoms with van der Waals surface area (Å²) in [5.74, 6) is -0.773. The molecule has 0 bridgehead atoms. The van der Waals surface area contributed by atoms with E-state index in [1.165, 1.54) is 17.0 Å². The predicted octanol–water partition coefficient (Wildman–Crippen LogP) is 6.37. The van der Waals surface area contributed by atoms with Crippen molar-refractivity contribution in [1.29, 1.82) is 0 Å². The molecule has 7 nitrogen and oxygen atoms in total. The maximum absolute atomic E-state index is 14.4. The highest BCUT2D eigenvalue weighted by atomic mass is 79.9. The Balaban J connectivity index is 1.78. The maximum Gasteiger partial charge on any atom is 0.264 e. The molecule has 0 saturated carbocycles. The Bertz CT molecular complexity index is 1610. The summed E-state index contributed by atoms with van der Waals surface area (Å²) in [5.41, 5.74) is 3.12. The van der Waals surface area contributed by atoms with Crippen LogP contribution in [0.3, 0.4) is 0 Å². The lowest BCUT2D eigenvalue weighted by Crippen LogP contribution is -2.53. The van der Waals surface area contributed by atoms with E-state index < -0.39 is 28.5 Å². The van der Waals surface area contributed by atoms with E-state index in [0.29, 0.717) is 12.2 Å². The zero-order chi connectivity index (χ0) is 31.5. The van der Waals surface area contributed by atoms with Crippen molar-refractivity contribution < 1.29 is 18.0 Å². The van der Waals surface area contributed by atoms with E-state index in [2.05, 4.69) is 21.2 Å². The van der Waals surface area contributed by atoms with Crippen molar-refractivity contribution in [2.45, 2.75) is 50.6 Å². The number of sulfonamides is 1. The zero-order valence-electron chi connectivity index (χ0n) is 25.0. The fourth-order valence-electron chi connectivity index (χ4n) is 4.85. The van der Waals surface area contributed by atoms with Crippen LogP contribution < -0.4 is 9.62 Å². The third-order valence-electron chi connectivity index (χ3n) is 7.33. The van der Waals surface area contributed by atoms with Gasteiger partial charge in [0.15, 0.2) is 0 Å². The van der Waals surface area contributed by atoms with Gasteiger partial charge in [0, 0.05) is 24.0 Å². The largest absolute Gasteiger partial charge is 0.354 e. The molecule has 0 unspecified atom stereocenters. The van der Waals surface area contributed by atoms with Crippen molar-refractivity contribution in [3.63, 3.8) is 0 Å². The van der Waals surface area contributed by atoms with Gasteiger partial charge in [0.1, 0.15) is 12.6 Å². The molecule has 2 amide bonds. The molecular formula is C35H38BrN3O4S. The fraction of sp³-hybridized carbons (Fsp3) is 0.257. The number of hydrogen-bond acceptors (Lipinski definition) is 4. The number of halogens is 1. The first-order chi connectivity index (χ1) is 21.2. The topological polar surface area (TPSA) is 86.8 Å². The molecule has 0 aliphatic carbocycles. The van der Waals surface area contributed by atoms with Crippen LogP contribution in [0.5, 0.6) is 0 Å². The Morgan fingerprint density at radius 3 is 1.95 bits per heavy atom. The number of rotatable bonds is 14. The summed E-state index contributed by atoms with van der Waals surface area (Å²) in [4.78, 5) is 29.7. The van der Waals surface area contributed by atoms with Crippen LogP contribution in [0.4, 0.5) is 5.69 Å². The average molecular weight is 677 g/mol. The fourth-order valence-corrected chi connectivity index (χ4v) is 6.55. The standard InChI is InChI=1S/C35H38BrN3O4S/c1-3-23-37-35(41)33(24-28-11-7-5-8-12-28)38(25-29-15-19-30(36)20-16-29)34(40)26-39(31-21-17-27(4-2)18-22-31)44(42,43)32-13-9-6-10-14-32/h5-22,33H,3-4,23-26H2,1-2H3,(H,37,41)/t33-/m1/s1. The summed E-state index contributed by atoms with van der Waals surface area (Å²) in [6.07, 6.45) is 1.80. The van der Waals surface area contributed by atoms with Crippen molar-refractivity contribution in [2.75, 3.05) is 17.4 Å². The van der Waals surface area contributed by atoms with Gasteiger partial charge in [-0.3, -0.25) is 13.9 Å². The molecule has 0 aliphatic heterocycles. The highest BCUT2D eigenvalue weighted by molar-refractivity contribution is 9.10. The number of carbonyl (C=O) groups excluding carboxylic acids is 2. The maximum atomic E-state index is 14.4. The predicted molar refractivity (Wildman–Crippen MR) is 179 cm³/mol. The highest BCUT2D eigenvalue weighted by Gasteiger charge is 2.34. The van der Waals surface area contributed by atoms with E-state index in [0.717, 1.165) is 38.3 Å². The van der Waals surface area contributed by atoms with E-state index in [4.69, 9.17) is 0 Å². The van der Waals surface area contributed by atoms with Crippen LogP contribution >= 0.6 is 15.9 Å². The summed E-state index contributed by atoms with van der Waals surface area (Å²) in [6, 6.07) is 31.4. The van der Waals surface area contributed by atoms with E-state index in [-0.39, 0.29) is 23.8 Å². The molecule has 0 saturated heterocycles. The van der Waals surface area contributed by atoms with Gasteiger partial charge in [-0.2, -0.15) is 0 Å². The van der Waals surface area contributed by atoms with Crippen molar-refractivity contribution in [2.24, 2.45) is 0 Å². The summed E-state index contributed by atoms with van der Waals surface area (Å²) in [7, 11) is -4.12. The number of anilines is 1. The second-order valence-electron chi connectivity index (χ2n) is 10.5. The summed E-state index contributed by atoms with van der Waals surface area (Å²) in [5, 5.41) is 2.96. The zero-order valence-corrected chi connectivity index (χ0v) is 27.4. The average Bonchev–Trinajstić information content (AvgIpc) is 3.05. The smallest absolute Gasteiger partial charge is 0.264 e. The molecule has 0 fully saturated rings. The number of benzene rings is 4. The van der Waals surface area contributed by atoms with Gasteiger partial charge in [-0.25, -0.2) is 8.42 Å². The Kier molecular flexibility index (Phi) is 11.7. The second-order valence-corrected chi connectivity index (χ2v) is 13.3. The third-order valence-corrected chi connectivity index (χ3v) is 9.65. The molecule has 4 aromatic carbocycles. The first kappa shape index (κ1) is 33.0. The minimum atomic E-state index is -4.12. The first-order valence-corrected chi connectivity index (χ1v) is 17.0. The van der Waals surface area contributed by atoms with E-state index in [1.807, 2.05) is 80.6 Å². The van der Waals surface area contributed by atoms with Crippen LogP contribution in [0.25, 0.3) is 0 Å². The van der Waals surface area contributed by atoms with Crippen LogP contribution in [-0.2, 0) is 39.0 Å². The molecule has 4 rings (SSSR count). The van der Waals surface area contributed by atoms with Gasteiger partial charge in [-0.15, -0.1) is 0 Å². The van der Waals surface area contributed by atoms with Crippen molar-refractivity contribution in [3.05, 3.63) is 130 Å². The Labute approximate surface area is 269 Å². The minimum absolute atomic E-state index is 0.0772. The van der Waals surface area contributed by atoms with Gasteiger partial charge in [0.2, 0.25) is 11.8 Å². The van der Waals surface area contributed by atoms with Gasteiger partial charge in [0.05, 0.1) is 10.6 Å². The highest BCUT2D eigenvalue weighted by Crippen LogP contribution is 2.26. The minimum Gasteiger partial charge on any atom is -0.354 e. The molecule has 0 heterocycles. The van der Waals surface area contributed by atoms with Gasteiger partial charge in [-0.05, 0) is 65.9 Å². The SMILES string of the molecule is CCCNC(=O)[C@@H](Cc1ccccc1)N(Cc1ccc(Br)cc1)C(=O)CN(c1ccc(CC)cc1)S(=O)(=O)c1ccccc1. The summed E-state index contributed by atoms with van der Waals surface area (Å²) in [6.45, 7) is 4.09. The number of nitrogens with one attached hydrogen (secondary N) is 1. The van der Waals surface area contributed by atoms with Gasteiger partial charge < -0.3 is 10.2 Å². The molecule has 0 radical (unpaired) electrons. The summed E-state index contributed by atoms with van der Waals surface area (Å²) < 4.78 is 30.1. The number of carbonyl (C=O) groups is 2. The van der Waals surface area contributed by atoms with Crippen molar-refractivity contribution in [1.82, 2.24) is 10.2 Å². The molecule has 44 heavy (non-hydrogen) atoms. The first-order valence-electron chi connectivity index (χ1n) is 14.7. The molecule has 230 valence electrons. The second kappa shape index (κ2) is 15.7. The number of hydrogen-bond donors (Lipinski definition) is 1. The molecule has 9 heteroatoms. The normalized spacial score (nSPS) is 11.9. The molecule has 0 aliphatic rings. The van der Waals surface area contributed by atoms with Crippen LogP contribution in [0.1, 0.15) is 37.0 Å². The van der Waals surface area contributed by atoms with Crippen molar-refractivity contribution in [3.8, 4) is 0 Å². The van der Waals surface area contributed by atoms with Gasteiger partial charge in [-0.1, -0.05) is 103 Å². The lowest BCUT2D eigenvalue weighted by atomic mass is 10.0. The van der Waals surface area contributed by atoms with Crippen molar-refractivity contribution >= 4 is 43.5 Å². The number of nitrogens with zero attached hydrogens (tertiary/aromatic N) is 2. The Morgan fingerprint density at radius 1 is 0.773 bits per heavy atom. The molecule has 1 N–H and O–H groups in total. The lowest BCUT2D eigenvalue weighted by Gasteiger charge is -2.34. The number of amides is 2.